The zero-order valence-corrected chi connectivity index (χ0v) is 14.5. The average molecular weight is 356 g/mol. The summed E-state index contributed by atoms with van der Waals surface area (Å²) in [6.45, 7) is 6.67. The number of hydrogen-bond acceptors (Lipinski definition) is 1. The number of hydrogen-bond donors (Lipinski definition) is 1. The Hall–Kier alpha value is -0.900. The van der Waals surface area contributed by atoms with Gasteiger partial charge in [0.1, 0.15) is 5.82 Å². The predicted molar refractivity (Wildman–Crippen MR) is 86.8 cm³/mol. The molecule has 0 bridgehead atoms. The maximum atomic E-state index is 13.6. The summed E-state index contributed by atoms with van der Waals surface area (Å²) in [5.74, 6) is -0.135. The molecule has 0 spiro atoms. The van der Waals surface area contributed by atoms with E-state index in [9.17, 15) is 9.18 Å². The minimum atomic E-state index is -0.404. The van der Waals surface area contributed by atoms with Gasteiger partial charge in [0.15, 0.2) is 0 Å². The van der Waals surface area contributed by atoms with Crippen molar-refractivity contribution in [2.24, 2.45) is 11.3 Å². The fourth-order valence-electron chi connectivity index (χ4n) is 3.27. The van der Waals surface area contributed by atoms with Crippen LogP contribution in [-0.4, -0.2) is 11.9 Å². The summed E-state index contributed by atoms with van der Waals surface area (Å²) >= 11 is 3.16. The summed E-state index contributed by atoms with van der Waals surface area (Å²) in [5.41, 5.74) is 0.533. The molecule has 1 aliphatic carbocycles. The fraction of sp³-hybridized carbons (Fsp3) is 0.588. The van der Waals surface area contributed by atoms with Crippen molar-refractivity contribution in [1.82, 2.24) is 5.32 Å². The van der Waals surface area contributed by atoms with Crippen LogP contribution in [0.1, 0.15) is 56.8 Å². The molecule has 116 valence electrons. The lowest BCUT2D eigenvalue weighted by atomic mass is 9.69. The van der Waals surface area contributed by atoms with Gasteiger partial charge in [-0.3, -0.25) is 4.79 Å². The Bertz CT molecular complexity index is 524. The van der Waals surface area contributed by atoms with Crippen molar-refractivity contribution in [2.45, 2.75) is 52.5 Å². The van der Waals surface area contributed by atoms with E-state index in [1.807, 2.05) is 0 Å². The number of benzene rings is 1. The van der Waals surface area contributed by atoms with Crippen LogP contribution >= 0.6 is 15.9 Å². The molecule has 0 radical (unpaired) electrons. The van der Waals surface area contributed by atoms with Gasteiger partial charge in [-0.15, -0.1) is 0 Å². The third kappa shape index (κ3) is 3.85. The van der Waals surface area contributed by atoms with Crippen molar-refractivity contribution in [1.29, 1.82) is 0 Å². The van der Waals surface area contributed by atoms with Crippen LogP contribution in [0.25, 0.3) is 0 Å². The minimum Gasteiger partial charge on any atom is -0.349 e. The summed E-state index contributed by atoms with van der Waals surface area (Å²) in [6, 6.07) is 4.73. The highest BCUT2D eigenvalue weighted by molar-refractivity contribution is 9.10. The summed E-state index contributed by atoms with van der Waals surface area (Å²) < 4.78 is 13.8. The Labute approximate surface area is 134 Å². The molecular formula is C17H23BrFNO. The summed E-state index contributed by atoms with van der Waals surface area (Å²) in [6.07, 6.45) is 4.50. The van der Waals surface area contributed by atoms with Crippen LogP contribution in [0, 0.1) is 17.2 Å². The lowest BCUT2D eigenvalue weighted by molar-refractivity contribution is 0.0829. The minimum absolute atomic E-state index is 0.164. The van der Waals surface area contributed by atoms with Crippen molar-refractivity contribution in [2.75, 3.05) is 0 Å². The first-order valence-electron chi connectivity index (χ1n) is 7.55. The second-order valence-electron chi connectivity index (χ2n) is 6.94. The van der Waals surface area contributed by atoms with E-state index in [-0.39, 0.29) is 21.8 Å². The van der Waals surface area contributed by atoms with E-state index in [2.05, 4.69) is 42.0 Å². The van der Waals surface area contributed by atoms with Gasteiger partial charge in [0.25, 0.3) is 5.91 Å². The van der Waals surface area contributed by atoms with Gasteiger partial charge >= 0.3 is 0 Å². The molecule has 0 aliphatic heterocycles. The molecule has 21 heavy (non-hydrogen) atoms. The van der Waals surface area contributed by atoms with Gasteiger partial charge in [0, 0.05) is 6.04 Å². The monoisotopic (exact) mass is 355 g/mol. The first-order chi connectivity index (χ1) is 9.80. The van der Waals surface area contributed by atoms with E-state index < -0.39 is 5.82 Å². The fourth-order valence-corrected chi connectivity index (χ4v) is 3.71. The standard InChI is InChI=1S/C17H23BrFNO/c1-17(2,3)12-8-4-5-10-14(12)20-16(21)11-7-6-9-13(19)15(11)18/h6-7,9,12,14H,4-5,8,10H2,1-3H3,(H,20,21). The smallest absolute Gasteiger partial charge is 0.252 e. The Kier molecular flexibility index (Phi) is 5.07. The molecule has 0 heterocycles. The summed E-state index contributed by atoms with van der Waals surface area (Å²) in [5, 5.41) is 3.12. The molecule has 1 aliphatic rings. The highest BCUT2D eigenvalue weighted by Crippen LogP contribution is 2.38. The maximum Gasteiger partial charge on any atom is 0.252 e. The third-order valence-corrected chi connectivity index (χ3v) is 5.20. The lowest BCUT2D eigenvalue weighted by Crippen LogP contribution is -2.46. The molecular weight excluding hydrogens is 333 g/mol. The van der Waals surface area contributed by atoms with Gasteiger partial charge in [-0.2, -0.15) is 0 Å². The molecule has 1 aromatic carbocycles. The van der Waals surface area contributed by atoms with E-state index in [4.69, 9.17) is 0 Å². The van der Waals surface area contributed by atoms with E-state index in [0.717, 1.165) is 19.3 Å². The van der Waals surface area contributed by atoms with Gasteiger partial charge in [-0.25, -0.2) is 4.39 Å². The molecule has 0 aromatic heterocycles. The Morgan fingerprint density at radius 1 is 1.29 bits per heavy atom. The van der Waals surface area contributed by atoms with Crippen molar-refractivity contribution in [3.63, 3.8) is 0 Å². The first-order valence-corrected chi connectivity index (χ1v) is 8.35. The molecule has 1 fully saturated rings. The van der Waals surface area contributed by atoms with Crippen LogP contribution in [-0.2, 0) is 0 Å². The zero-order valence-electron chi connectivity index (χ0n) is 12.9. The lowest BCUT2D eigenvalue weighted by Gasteiger charge is -2.40. The largest absolute Gasteiger partial charge is 0.349 e. The zero-order chi connectivity index (χ0) is 15.6. The van der Waals surface area contributed by atoms with E-state index in [0.29, 0.717) is 11.5 Å². The SMILES string of the molecule is CC(C)(C)C1CCCCC1NC(=O)c1cccc(F)c1Br. The quantitative estimate of drug-likeness (QED) is 0.800. The number of halogens is 2. The molecule has 1 amide bonds. The molecule has 1 aromatic rings. The number of nitrogens with one attached hydrogen (secondary N) is 1. The van der Waals surface area contributed by atoms with Crippen LogP contribution in [0.15, 0.2) is 22.7 Å². The molecule has 4 heteroatoms. The Balaban J connectivity index is 2.15. The van der Waals surface area contributed by atoms with E-state index in [1.54, 1.807) is 12.1 Å². The molecule has 2 nitrogen and oxygen atoms in total. The first kappa shape index (κ1) is 16.5. The van der Waals surface area contributed by atoms with Crippen molar-refractivity contribution < 1.29 is 9.18 Å². The van der Waals surface area contributed by atoms with Crippen LogP contribution in [0.4, 0.5) is 4.39 Å². The third-order valence-electron chi connectivity index (χ3n) is 4.39. The van der Waals surface area contributed by atoms with E-state index >= 15 is 0 Å². The van der Waals surface area contributed by atoms with Crippen molar-refractivity contribution in [3.05, 3.63) is 34.1 Å². The van der Waals surface area contributed by atoms with Crippen LogP contribution < -0.4 is 5.32 Å². The van der Waals surface area contributed by atoms with Gasteiger partial charge in [-0.1, -0.05) is 39.7 Å². The van der Waals surface area contributed by atoms with Gasteiger partial charge in [-0.05, 0) is 52.2 Å². The molecule has 2 unspecified atom stereocenters. The number of carbonyl (C=O) groups excluding carboxylic acids is 1. The normalized spacial score (nSPS) is 22.9. The number of carbonyl (C=O) groups is 1. The molecule has 2 atom stereocenters. The van der Waals surface area contributed by atoms with Crippen LogP contribution in [0.3, 0.4) is 0 Å². The predicted octanol–water partition coefficient (Wildman–Crippen LogP) is 4.92. The average Bonchev–Trinajstić information content (AvgIpc) is 2.41. The molecule has 0 saturated heterocycles. The summed E-state index contributed by atoms with van der Waals surface area (Å²) in [7, 11) is 0. The Morgan fingerprint density at radius 2 is 1.95 bits per heavy atom. The van der Waals surface area contributed by atoms with Crippen molar-refractivity contribution >= 4 is 21.8 Å². The topological polar surface area (TPSA) is 29.1 Å². The van der Waals surface area contributed by atoms with Crippen LogP contribution in [0.2, 0.25) is 0 Å². The number of amides is 1. The number of rotatable bonds is 2. The second-order valence-corrected chi connectivity index (χ2v) is 7.73. The van der Waals surface area contributed by atoms with Crippen molar-refractivity contribution in [3.8, 4) is 0 Å². The van der Waals surface area contributed by atoms with Gasteiger partial charge in [0.2, 0.25) is 0 Å². The molecule has 2 rings (SSSR count). The van der Waals surface area contributed by atoms with Gasteiger partial charge in [0.05, 0.1) is 10.0 Å². The molecule has 1 saturated carbocycles. The second kappa shape index (κ2) is 6.47. The van der Waals surface area contributed by atoms with Gasteiger partial charge < -0.3 is 5.32 Å². The highest BCUT2D eigenvalue weighted by Gasteiger charge is 2.35. The molecule has 1 N–H and O–H groups in total. The highest BCUT2D eigenvalue weighted by atomic mass is 79.9. The van der Waals surface area contributed by atoms with E-state index in [1.165, 1.54) is 12.5 Å². The maximum absolute atomic E-state index is 13.6. The van der Waals surface area contributed by atoms with Crippen LogP contribution in [0.5, 0.6) is 0 Å². The Morgan fingerprint density at radius 3 is 2.62 bits per heavy atom. The summed E-state index contributed by atoms with van der Waals surface area (Å²) in [4.78, 5) is 12.5.